The predicted octanol–water partition coefficient (Wildman–Crippen LogP) is 1.66. The van der Waals surface area contributed by atoms with E-state index in [0.717, 1.165) is 39.1 Å². The lowest BCUT2D eigenvalue weighted by molar-refractivity contribution is 0.255. The van der Waals surface area contributed by atoms with E-state index in [1.54, 1.807) is 6.07 Å². The molecule has 0 saturated carbocycles. The first-order valence-corrected chi connectivity index (χ1v) is 6.71. The van der Waals surface area contributed by atoms with Gasteiger partial charge < -0.3 is 10.6 Å². The number of nitrogens with one attached hydrogen (secondary N) is 1. The summed E-state index contributed by atoms with van der Waals surface area (Å²) in [4.78, 5) is 4.44. The van der Waals surface area contributed by atoms with Crippen LogP contribution in [0.1, 0.15) is 12.8 Å². The van der Waals surface area contributed by atoms with Gasteiger partial charge in [0, 0.05) is 32.6 Å². The Bertz CT molecular complexity index is 427. The van der Waals surface area contributed by atoms with Crippen molar-refractivity contribution in [2.24, 2.45) is 5.73 Å². The van der Waals surface area contributed by atoms with Crippen molar-refractivity contribution in [2.75, 3.05) is 37.6 Å². The number of para-hydroxylation sites is 1. The summed E-state index contributed by atoms with van der Waals surface area (Å²) >= 11 is 0. The van der Waals surface area contributed by atoms with Crippen LogP contribution in [0.25, 0.3) is 0 Å². The topological polar surface area (TPSA) is 56.4 Å². The van der Waals surface area contributed by atoms with E-state index in [4.69, 9.17) is 11.1 Å². The van der Waals surface area contributed by atoms with Crippen molar-refractivity contribution in [2.45, 2.75) is 12.8 Å². The van der Waals surface area contributed by atoms with Gasteiger partial charge in [-0.2, -0.15) is 0 Å². The van der Waals surface area contributed by atoms with Gasteiger partial charge in [-0.05, 0) is 25.1 Å². The Kier molecular flexibility index (Phi) is 4.74. The minimum absolute atomic E-state index is 0.146. The number of rotatable bonds is 5. The smallest absolute Gasteiger partial charge is 0.146 e. The van der Waals surface area contributed by atoms with E-state index in [0.29, 0.717) is 12.1 Å². The molecule has 0 radical (unpaired) electrons. The van der Waals surface area contributed by atoms with Gasteiger partial charge in [0.05, 0.1) is 11.5 Å². The molecule has 0 bridgehead atoms. The fourth-order valence-corrected chi connectivity index (χ4v) is 2.41. The summed E-state index contributed by atoms with van der Waals surface area (Å²) in [6.07, 6.45) is 1.59. The van der Waals surface area contributed by atoms with Crippen LogP contribution in [-0.4, -0.2) is 43.5 Å². The van der Waals surface area contributed by atoms with Crippen molar-refractivity contribution in [1.82, 2.24) is 4.90 Å². The second kappa shape index (κ2) is 6.52. The summed E-state index contributed by atoms with van der Waals surface area (Å²) in [6.45, 7) is 4.53. The summed E-state index contributed by atoms with van der Waals surface area (Å²) in [7, 11) is 0. The maximum atomic E-state index is 13.7. The molecule has 1 aliphatic rings. The molecule has 0 atom stereocenters. The van der Waals surface area contributed by atoms with Gasteiger partial charge in [-0.25, -0.2) is 4.39 Å². The fourth-order valence-electron chi connectivity index (χ4n) is 2.41. The normalized spacial score (nSPS) is 16.6. The third-order valence-corrected chi connectivity index (χ3v) is 3.49. The molecule has 104 valence electrons. The fraction of sp³-hybridized carbons (Fsp3) is 0.500. The molecule has 0 spiro atoms. The second-order valence-electron chi connectivity index (χ2n) is 4.91. The molecule has 0 amide bonds. The Balaban J connectivity index is 1.79. The first-order valence-electron chi connectivity index (χ1n) is 6.71. The van der Waals surface area contributed by atoms with Crippen molar-refractivity contribution >= 4 is 11.5 Å². The lowest BCUT2D eigenvalue weighted by Gasteiger charge is -2.36. The van der Waals surface area contributed by atoms with Crippen LogP contribution >= 0.6 is 0 Å². The molecule has 19 heavy (non-hydrogen) atoms. The zero-order valence-corrected chi connectivity index (χ0v) is 11.1. The third kappa shape index (κ3) is 3.92. The largest absolute Gasteiger partial charge is 0.388 e. The quantitative estimate of drug-likeness (QED) is 0.628. The average Bonchev–Trinajstić information content (AvgIpc) is 2.40. The molecule has 1 aliphatic heterocycles. The number of halogens is 1. The van der Waals surface area contributed by atoms with Crippen LogP contribution in [0.5, 0.6) is 0 Å². The number of hydrogen-bond donors (Lipinski definition) is 2. The van der Waals surface area contributed by atoms with E-state index >= 15 is 0 Å². The van der Waals surface area contributed by atoms with E-state index in [1.807, 2.05) is 12.1 Å². The summed E-state index contributed by atoms with van der Waals surface area (Å²) in [6, 6.07) is 6.93. The highest BCUT2D eigenvalue weighted by atomic mass is 19.1. The number of benzene rings is 1. The molecule has 1 saturated heterocycles. The maximum absolute atomic E-state index is 13.7. The van der Waals surface area contributed by atoms with Gasteiger partial charge in [0.25, 0.3) is 0 Å². The third-order valence-electron chi connectivity index (χ3n) is 3.49. The Morgan fingerprint density at radius 1 is 1.21 bits per heavy atom. The zero-order chi connectivity index (χ0) is 13.7. The van der Waals surface area contributed by atoms with Gasteiger partial charge in [0.2, 0.25) is 0 Å². The maximum Gasteiger partial charge on any atom is 0.146 e. The molecule has 1 fully saturated rings. The van der Waals surface area contributed by atoms with E-state index in [1.165, 1.54) is 6.07 Å². The number of anilines is 1. The van der Waals surface area contributed by atoms with E-state index in [-0.39, 0.29) is 11.7 Å². The number of nitrogens with zero attached hydrogens (tertiary/aromatic N) is 2. The van der Waals surface area contributed by atoms with Crippen LogP contribution in [0.3, 0.4) is 0 Å². The highest BCUT2D eigenvalue weighted by molar-refractivity contribution is 5.76. The standard InChI is InChI=1S/C14H21FN4/c15-12-4-1-2-5-13(12)19-10-8-18(9-11-19)7-3-6-14(16)17/h1-2,4-5H,3,6-11H2,(H3,16,17). The van der Waals surface area contributed by atoms with Crippen molar-refractivity contribution < 1.29 is 4.39 Å². The van der Waals surface area contributed by atoms with Gasteiger partial charge in [-0.15, -0.1) is 0 Å². The van der Waals surface area contributed by atoms with E-state index in [2.05, 4.69) is 9.80 Å². The molecule has 0 unspecified atom stereocenters. The van der Waals surface area contributed by atoms with Crippen LogP contribution in [0.4, 0.5) is 10.1 Å². The molecule has 1 aromatic carbocycles. The molecular formula is C14H21FN4. The molecular weight excluding hydrogens is 243 g/mol. The zero-order valence-electron chi connectivity index (χ0n) is 11.1. The Hall–Kier alpha value is -1.62. The minimum atomic E-state index is -0.146. The number of nitrogens with two attached hydrogens (primary N) is 1. The molecule has 2 rings (SSSR count). The van der Waals surface area contributed by atoms with Gasteiger partial charge in [0.1, 0.15) is 5.82 Å². The highest BCUT2D eigenvalue weighted by Crippen LogP contribution is 2.20. The monoisotopic (exact) mass is 264 g/mol. The summed E-state index contributed by atoms with van der Waals surface area (Å²) in [5.74, 6) is 0.109. The van der Waals surface area contributed by atoms with Gasteiger partial charge >= 0.3 is 0 Å². The van der Waals surface area contributed by atoms with Crippen molar-refractivity contribution in [3.63, 3.8) is 0 Å². The summed E-state index contributed by atoms with van der Waals surface area (Å²) in [5.41, 5.74) is 6.04. The van der Waals surface area contributed by atoms with Crippen LogP contribution in [-0.2, 0) is 0 Å². The highest BCUT2D eigenvalue weighted by Gasteiger charge is 2.18. The first-order chi connectivity index (χ1) is 9.16. The second-order valence-corrected chi connectivity index (χ2v) is 4.91. The van der Waals surface area contributed by atoms with Crippen LogP contribution in [0.15, 0.2) is 24.3 Å². The first kappa shape index (κ1) is 13.8. The lowest BCUT2D eigenvalue weighted by atomic mass is 10.2. The van der Waals surface area contributed by atoms with Gasteiger partial charge in [0.15, 0.2) is 0 Å². The van der Waals surface area contributed by atoms with E-state index in [9.17, 15) is 4.39 Å². The lowest BCUT2D eigenvalue weighted by Crippen LogP contribution is -2.47. The SMILES string of the molecule is N=C(N)CCCN1CCN(c2ccccc2F)CC1. The predicted molar refractivity (Wildman–Crippen MR) is 76.2 cm³/mol. The molecule has 3 N–H and O–H groups in total. The average molecular weight is 264 g/mol. The number of amidine groups is 1. The molecule has 1 aromatic rings. The molecule has 0 aliphatic carbocycles. The Labute approximate surface area is 113 Å². The number of piperazine rings is 1. The van der Waals surface area contributed by atoms with Crippen LogP contribution in [0, 0.1) is 11.2 Å². The Morgan fingerprint density at radius 2 is 1.89 bits per heavy atom. The van der Waals surface area contributed by atoms with Crippen molar-refractivity contribution in [3.8, 4) is 0 Å². The van der Waals surface area contributed by atoms with Gasteiger partial charge in [-0.1, -0.05) is 12.1 Å². The van der Waals surface area contributed by atoms with Crippen LogP contribution in [0.2, 0.25) is 0 Å². The molecule has 4 nitrogen and oxygen atoms in total. The minimum Gasteiger partial charge on any atom is -0.388 e. The van der Waals surface area contributed by atoms with Crippen molar-refractivity contribution in [3.05, 3.63) is 30.1 Å². The van der Waals surface area contributed by atoms with Gasteiger partial charge in [-0.3, -0.25) is 10.3 Å². The molecule has 1 heterocycles. The van der Waals surface area contributed by atoms with Crippen molar-refractivity contribution in [1.29, 1.82) is 5.41 Å². The summed E-state index contributed by atoms with van der Waals surface area (Å²) in [5, 5.41) is 7.19. The van der Waals surface area contributed by atoms with E-state index < -0.39 is 0 Å². The molecule has 5 heteroatoms. The summed E-state index contributed by atoms with van der Waals surface area (Å²) < 4.78 is 13.7. The number of hydrogen-bond acceptors (Lipinski definition) is 3. The molecule has 0 aromatic heterocycles. The Morgan fingerprint density at radius 3 is 2.53 bits per heavy atom. The van der Waals surface area contributed by atoms with Crippen LogP contribution < -0.4 is 10.6 Å².